The van der Waals surface area contributed by atoms with Crippen LogP contribution in [0.4, 0.5) is 0 Å². The van der Waals surface area contributed by atoms with Gasteiger partial charge in [-0.2, -0.15) is 0 Å². The van der Waals surface area contributed by atoms with E-state index < -0.39 is 17.7 Å². The lowest BCUT2D eigenvalue weighted by molar-refractivity contribution is -0.129. The molecular formula is C24H31N3O5S. The molecule has 1 N–H and O–H groups in total. The van der Waals surface area contributed by atoms with Crippen molar-refractivity contribution in [3.05, 3.63) is 50.7 Å². The fourth-order valence-electron chi connectivity index (χ4n) is 4.14. The summed E-state index contributed by atoms with van der Waals surface area (Å²) in [4.78, 5) is 35.3. The molecule has 1 aromatic carbocycles. The van der Waals surface area contributed by atoms with Gasteiger partial charge >= 0.3 is 0 Å². The average Bonchev–Trinajstić information content (AvgIpc) is 3.28. The highest BCUT2D eigenvalue weighted by atomic mass is 32.1. The molecular weight excluding hydrogens is 442 g/mol. The second-order valence-electron chi connectivity index (χ2n) is 7.78. The molecule has 0 unspecified atom stereocenters. The van der Waals surface area contributed by atoms with E-state index >= 15 is 0 Å². The Labute approximate surface area is 198 Å². The van der Waals surface area contributed by atoms with Crippen molar-refractivity contribution in [2.45, 2.75) is 33.7 Å². The van der Waals surface area contributed by atoms with Crippen LogP contribution in [0.5, 0.6) is 11.5 Å². The number of carbonyl (C=O) groups excluding carboxylic acids is 2. The zero-order valence-electron chi connectivity index (χ0n) is 20.0. The predicted octanol–water partition coefficient (Wildman–Crippen LogP) is 3.70. The Balaban J connectivity index is 2.10. The van der Waals surface area contributed by atoms with E-state index in [2.05, 4.69) is 23.7 Å². The molecule has 1 aliphatic rings. The lowest BCUT2D eigenvalue weighted by atomic mass is 9.94. The third-order valence-corrected chi connectivity index (χ3v) is 7.00. The summed E-state index contributed by atoms with van der Waals surface area (Å²) in [6, 6.07) is 4.53. The van der Waals surface area contributed by atoms with Gasteiger partial charge in [-0.15, -0.1) is 11.3 Å². The molecule has 0 bridgehead atoms. The Morgan fingerprint density at radius 3 is 2.39 bits per heavy atom. The number of benzene rings is 1. The second kappa shape index (κ2) is 10.4. The summed E-state index contributed by atoms with van der Waals surface area (Å²) in [7, 11) is 3.07. The van der Waals surface area contributed by atoms with E-state index in [1.165, 1.54) is 18.4 Å². The first kappa shape index (κ1) is 24.7. The highest BCUT2D eigenvalue weighted by molar-refractivity contribution is 7.14. The number of carbonyl (C=O) groups is 2. The lowest BCUT2D eigenvalue weighted by Crippen LogP contribution is -2.38. The van der Waals surface area contributed by atoms with Crippen LogP contribution >= 0.6 is 11.3 Å². The van der Waals surface area contributed by atoms with Gasteiger partial charge in [0.15, 0.2) is 17.3 Å². The SMILES string of the molecule is CCN(CC)CCN1C(=O)C(O)=C(C(=O)c2sc(C)nc2C)[C@H]1c1ccc(OC)c(OC)c1. The molecule has 33 heavy (non-hydrogen) atoms. The van der Waals surface area contributed by atoms with Gasteiger partial charge in [0.05, 0.1) is 41.4 Å². The van der Waals surface area contributed by atoms with Crippen molar-refractivity contribution in [1.29, 1.82) is 0 Å². The standard InChI is InChI=1S/C24H31N3O5S/c1-7-26(8-2)11-12-27-20(16-9-10-17(31-5)18(13-16)32-6)19(22(29)24(27)30)21(28)23-14(3)25-15(4)33-23/h9-10,13,20,29H,7-8,11-12H2,1-6H3/t20-/m1/s1. The number of ketones is 1. The van der Waals surface area contributed by atoms with Crippen LogP contribution in [-0.4, -0.2) is 72.0 Å². The molecule has 9 heteroatoms. The van der Waals surface area contributed by atoms with Gasteiger partial charge in [0.25, 0.3) is 5.91 Å². The minimum Gasteiger partial charge on any atom is -0.503 e. The van der Waals surface area contributed by atoms with Crippen molar-refractivity contribution in [3.8, 4) is 11.5 Å². The first-order valence-corrected chi connectivity index (χ1v) is 11.8. The monoisotopic (exact) mass is 473 g/mol. The fourth-order valence-corrected chi connectivity index (χ4v) is 5.01. The summed E-state index contributed by atoms with van der Waals surface area (Å²) in [6.45, 7) is 10.4. The molecule has 0 radical (unpaired) electrons. The van der Waals surface area contributed by atoms with E-state index in [1.54, 1.807) is 37.1 Å². The van der Waals surface area contributed by atoms with E-state index in [9.17, 15) is 14.7 Å². The molecule has 2 aromatic rings. The first-order chi connectivity index (χ1) is 15.8. The van der Waals surface area contributed by atoms with E-state index in [4.69, 9.17) is 9.47 Å². The topological polar surface area (TPSA) is 92.2 Å². The second-order valence-corrected chi connectivity index (χ2v) is 8.98. The Hall–Kier alpha value is -2.91. The maximum atomic E-state index is 13.6. The van der Waals surface area contributed by atoms with Gasteiger partial charge < -0.3 is 24.4 Å². The Bertz CT molecular complexity index is 1070. The fraction of sp³-hybridized carbons (Fsp3) is 0.458. The summed E-state index contributed by atoms with van der Waals surface area (Å²) >= 11 is 1.26. The van der Waals surface area contributed by atoms with Crippen LogP contribution in [0.1, 0.15) is 45.8 Å². The number of likely N-dealkylation sites (N-methyl/N-ethyl adjacent to an activating group) is 1. The number of rotatable bonds is 10. The summed E-state index contributed by atoms with van der Waals surface area (Å²) in [5.41, 5.74) is 1.31. The molecule has 178 valence electrons. The third-order valence-electron chi connectivity index (χ3n) is 5.93. The molecule has 1 amide bonds. The number of hydrogen-bond acceptors (Lipinski definition) is 8. The number of nitrogens with zero attached hydrogens (tertiary/aromatic N) is 3. The average molecular weight is 474 g/mol. The number of thiazole rings is 1. The Morgan fingerprint density at radius 2 is 1.85 bits per heavy atom. The summed E-state index contributed by atoms with van der Waals surface area (Å²) in [5, 5.41) is 11.6. The number of methoxy groups -OCH3 is 2. The number of aromatic nitrogens is 1. The molecule has 1 aromatic heterocycles. The quantitative estimate of drug-likeness (QED) is 0.526. The summed E-state index contributed by atoms with van der Waals surface area (Å²) < 4.78 is 10.8. The molecule has 3 rings (SSSR count). The molecule has 1 aliphatic heterocycles. The Kier molecular flexibility index (Phi) is 7.76. The number of aliphatic hydroxyl groups excluding tert-OH is 1. The zero-order chi connectivity index (χ0) is 24.3. The van der Waals surface area contributed by atoms with E-state index in [1.807, 2.05) is 6.92 Å². The summed E-state index contributed by atoms with van der Waals surface area (Å²) in [5.74, 6) is -0.424. The minimum absolute atomic E-state index is 0.0681. The molecule has 0 saturated carbocycles. The van der Waals surface area contributed by atoms with Crippen molar-refractivity contribution < 1.29 is 24.2 Å². The van der Waals surface area contributed by atoms with Gasteiger partial charge in [-0.25, -0.2) is 4.98 Å². The van der Waals surface area contributed by atoms with Crippen LogP contribution < -0.4 is 9.47 Å². The Morgan fingerprint density at radius 1 is 1.18 bits per heavy atom. The van der Waals surface area contributed by atoms with Gasteiger partial charge in [0.2, 0.25) is 5.78 Å². The minimum atomic E-state index is -0.748. The normalized spacial score (nSPS) is 16.2. The molecule has 0 spiro atoms. The smallest absolute Gasteiger partial charge is 0.290 e. The largest absolute Gasteiger partial charge is 0.503 e. The van der Waals surface area contributed by atoms with Crippen LogP contribution in [-0.2, 0) is 4.79 Å². The van der Waals surface area contributed by atoms with Crippen LogP contribution in [0.15, 0.2) is 29.5 Å². The number of amides is 1. The van der Waals surface area contributed by atoms with Gasteiger partial charge in [0, 0.05) is 13.1 Å². The number of ether oxygens (including phenoxy) is 2. The van der Waals surface area contributed by atoms with Gasteiger partial charge in [0.1, 0.15) is 0 Å². The highest BCUT2D eigenvalue weighted by Crippen LogP contribution is 2.42. The number of Topliss-reactive ketones (excluding diaryl/α,β-unsaturated/α-hetero) is 1. The molecule has 0 saturated heterocycles. The number of hydrogen-bond donors (Lipinski definition) is 1. The maximum absolute atomic E-state index is 13.6. The van der Waals surface area contributed by atoms with E-state index in [-0.39, 0.29) is 11.4 Å². The van der Waals surface area contributed by atoms with Crippen molar-refractivity contribution in [2.75, 3.05) is 40.4 Å². The molecule has 2 heterocycles. The maximum Gasteiger partial charge on any atom is 0.290 e. The van der Waals surface area contributed by atoms with Crippen LogP contribution in [0.2, 0.25) is 0 Å². The van der Waals surface area contributed by atoms with Crippen molar-refractivity contribution >= 4 is 23.0 Å². The van der Waals surface area contributed by atoms with Gasteiger partial charge in [-0.05, 0) is 44.6 Å². The molecule has 1 atom stereocenters. The van der Waals surface area contributed by atoms with Crippen molar-refractivity contribution in [1.82, 2.24) is 14.8 Å². The third kappa shape index (κ3) is 4.74. The zero-order valence-corrected chi connectivity index (χ0v) is 20.8. The van der Waals surface area contributed by atoms with E-state index in [0.29, 0.717) is 40.7 Å². The van der Waals surface area contributed by atoms with Gasteiger partial charge in [-0.3, -0.25) is 9.59 Å². The first-order valence-electron chi connectivity index (χ1n) is 10.9. The van der Waals surface area contributed by atoms with Crippen molar-refractivity contribution in [2.24, 2.45) is 0 Å². The molecule has 0 fully saturated rings. The molecule has 8 nitrogen and oxygen atoms in total. The number of aryl methyl sites for hydroxylation is 2. The van der Waals surface area contributed by atoms with Gasteiger partial charge in [-0.1, -0.05) is 19.9 Å². The molecule has 0 aliphatic carbocycles. The van der Waals surface area contributed by atoms with Crippen LogP contribution in [0.25, 0.3) is 0 Å². The number of aliphatic hydroxyl groups is 1. The van der Waals surface area contributed by atoms with Crippen LogP contribution in [0.3, 0.4) is 0 Å². The predicted molar refractivity (Wildman–Crippen MR) is 127 cm³/mol. The summed E-state index contributed by atoms with van der Waals surface area (Å²) in [6.07, 6.45) is 0. The highest BCUT2D eigenvalue weighted by Gasteiger charge is 2.44. The lowest BCUT2D eigenvalue weighted by Gasteiger charge is -2.29. The van der Waals surface area contributed by atoms with E-state index in [0.717, 1.165) is 18.1 Å². The van der Waals surface area contributed by atoms with Crippen molar-refractivity contribution in [3.63, 3.8) is 0 Å². The van der Waals surface area contributed by atoms with Crippen LogP contribution in [0, 0.1) is 13.8 Å².